The van der Waals surface area contributed by atoms with Crippen LogP contribution in [0, 0.1) is 13.8 Å². The second kappa shape index (κ2) is 5.77. The smallest absolute Gasteiger partial charge is 0.140 e. The van der Waals surface area contributed by atoms with Gasteiger partial charge in [-0.15, -0.1) is 0 Å². The maximum Gasteiger partial charge on any atom is 0.140 e. The van der Waals surface area contributed by atoms with Gasteiger partial charge in [-0.05, 0) is 56.4 Å². The summed E-state index contributed by atoms with van der Waals surface area (Å²) in [5, 5.41) is 4.33. The summed E-state index contributed by atoms with van der Waals surface area (Å²) >= 11 is 0. The molecule has 104 valence electrons. The molecular formula is C17H25NO. The topological polar surface area (TPSA) is 21.6 Å². The molecule has 1 unspecified atom stereocenters. The standard InChI is InChI=1S/C17H25NO/c1-5-6-7-10-17(4)12-16(18-19-17)15-9-8-13(2)14(3)11-15/h8-9,11H,5-7,10,12H2,1-4H3. The van der Waals surface area contributed by atoms with E-state index in [4.69, 9.17) is 4.84 Å². The first-order valence-electron chi connectivity index (χ1n) is 7.37. The summed E-state index contributed by atoms with van der Waals surface area (Å²) in [6, 6.07) is 6.54. The van der Waals surface area contributed by atoms with Crippen molar-refractivity contribution in [3.05, 3.63) is 34.9 Å². The van der Waals surface area contributed by atoms with Crippen LogP contribution >= 0.6 is 0 Å². The summed E-state index contributed by atoms with van der Waals surface area (Å²) < 4.78 is 0. The zero-order chi connectivity index (χ0) is 13.9. The van der Waals surface area contributed by atoms with Crippen LogP contribution < -0.4 is 0 Å². The van der Waals surface area contributed by atoms with Crippen molar-refractivity contribution >= 4 is 5.71 Å². The summed E-state index contributed by atoms with van der Waals surface area (Å²) in [4.78, 5) is 5.71. The van der Waals surface area contributed by atoms with Gasteiger partial charge in [-0.2, -0.15) is 0 Å². The molecule has 0 N–H and O–H groups in total. The van der Waals surface area contributed by atoms with Gasteiger partial charge in [0.05, 0.1) is 5.71 Å². The largest absolute Gasteiger partial charge is 0.389 e. The number of benzene rings is 1. The highest BCUT2D eigenvalue weighted by Crippen LogP contribution is 2.31. The number of oxime groups is 1. The molecule has 1 aliphatic rings. The van der Waals surface area contributed by atoms with Crippen LogP contribution in [0.4, 0.5) is 0 Å². The highest BCUT2D eigenvalue weighted by molar-refractivity contribution is 6.01. The molecule has 0 aromatic heterocycles. The van der Waals surface area contributed by atoms with Crippen LogP contribution in [-0.4, -0.2) is 11.3 Å². The average Bonchev–Trinajstić information content (AvgIpc) is 2.76. The first-order chi connectivity index (χ1) is 9.04. The van der Waals surface area contributed by atoms with Gasteiger partial charge in [-0.3, -0.25) is 0 Å². The first kappa shape index (κ1) is 14.1. The monoisotopic (exact) mass is 259 g/mol. The molecule has 19 heavy (non-hydrogen) atoms. The zero-order valence-electron chi connectivity index (χ0n) is 12.6. The molecule has 1 aromatic carbocycles. The number of aryl methyl sites for hydroxylation is 2. The van der Waals surface area contributed by atoms with Crippen molar-refractivity contribution in [3.63, 3.8) is 0 Å². The van der Waals surface area contributed by atoms with Crippen molar-refractivity contribution in [3.8, 4) is 0 Å². The lowest BCUT2D eigenvalue weighted by atomic mass is 9.90. The third-order valence-corrected chi connectivity index (χ3v) is 4.07. The Morgan fingerprint density at radius 1 is 1.21 bits per heavy atom. The van der Waals surface area contributed by atoms with Crippen LogP contribution in [0.15, 0.2) is 23.4 Å². The van der Waals surface area contributed by atoms with E-state index in [1.807, 2.05) is 0 Å². The first-order valence-corrected chi connectivity index (χ1v) is 7.37. The zero-order valence-corrected chi connectivity index (χ0v) is 12.6. The molecule has 0 radical (unpaired) electrons. The molecular weight excluding hydrogens is 234 g/mol. The van der Waals surface area contributed by atoms with Gasteiger partial charge in [0.15, 0.2) is 0 Å². The second-order valence-electron chi connectivity index (χ2n) is 6.01. The maximum atomic E-state index is 5.71. The van der Waals surface area contributed by atoms with E-state index in [-0.39, 0.29) is 5.60 Å². The van der Waals surface area contributed by atoms with E-state index < -0.39 is 0 Å². The molecule has 0 saturated heterocycles. The summed E-state index contributed by atoms with van der Waals surface area (Å²) in [7, 11) is 0. The molecule has 2 nitrogen and oxygen atoms in total. The molecule has 1 heterocycles. The summed E-state index contributed by atoms with van der Waals surface area (Å²) in [5.41, 5.74) is 4.86. The third-order valence-electron chi connectivity index (χ3n) is 4.07. The fraction of sp³-hybridized carbons (Fsp3) is 0.588. The van der Waals surface area contributed by atoms with Gasteiger partial charge in [-0.1, -0.05) is 37.1 Å². The van der Waals surface area contributed by atoms with Gasteiger partial charge >= 0.3 is 0 Å². The minimum atomic E-state index is -0.0940. The molecule has 1 aromatic rings. The predicted molar refractivity (Wildman–Crippen MR) is 80.7 cm³/mol. The van der Waals surface area contributed by atoms with Crippen molar-refractivity contribution in [1.29, 1.82) is 0 Å². The van der Waals surface area contributed by atoms with E-state index in [1.165, 1.54) is 36.0 Å². The molecule has 1 atom stereocenters. The number of unbranched alkanes of at least 4 members (excludes halogenated alkanes) is 2. The number of rotatable bonds is 5. The third kappa shape index (κ3) is 3.37. The van der Waals surface area contributed by atoms with E-state index in [1.54, 1.807) is 0 Å². The van der Waals surface area contributed by atoms with Crippen LogP contribution in [-0.2, 0) is 4.84 Å². The van der Waals surface area contributed by atoms with Crippen molar-refractivity contribution in [2.24, 2.45) is 5.16 Å². The second-order valence-corrected chi connectivity index (χ2v) is 6.01. The molecule has 0 spiro atoms. The van der Waals surface area contributed by atoms with E-state index in [0.29, 0.717) is 0 Å². The van der Waals surface area contributed by atoms with Gasteiger partial charge in [0.2, 0.25) is 0 Å². The van der Waals surface area contributed by atoms with E-state index >= 15 is 0 Å². The number of nitrogens with zero attached hydrogens (tertiary/aromatic N) is 1. The lowest BCUT2D eigenvalue weighted by Crippen LogP contribution is -2.24. The minimum absolute atomic E-state index is 0.0940. The molecule has 0 aliphatic carbocycles. The Kier molecular flexibility index (Phi) is 4.28. The van der Waals surface area contributed by atoms with Crippen molar-refractivity contribution in [2.75, 3.05) is 0 Å². The Morgan fingerprint density at radius 3 is 2.68 bits per heavy atom. The van der Waals surface area contributed by atoms with Crippen molar-refractivity contribution < 1.29 is 4.84 Å². The van der Waals surface area contributed by atoms with Crippen LogP contribution in [0.3, 0.4) is 0 Å². The molecule has 0 fully saturated rings. The minimum Gasteiger partial charge on any atom is -0.389 e. The molecule has 0 saturated carbocycles. The normalized spacial score (nSPS) is 22.2. The Labute approximate surface area is 116 Å². The highest BCUT2D eigenvalue weighted by atomic mass is 16.7. The molecule has 1 aliphatic heterocycles. The van der Waals surface area contributed by atoms with Gasteiger partial charge in [0, 0.05) is 6.42 Å². The lowest BCUT2D eigenvalue weighted by Gasteiger charge is -2.21. The Hall–Kier alpha value is -1.31. The maximum absolute atomic E-state index is 5.71. The fourth-order valence-electron chi connectivity index (χ4n) is 2.54. The molecule has 2 heteroatoms. The number of hydrogen-bond acceptors (Lipinski definition) is 2. The Bertz CT molecular complexity index is 478. The van der Waals surface area contributed by atoms with Gasteiger partial charge < -0.3 is 4.84 Å². The Morgan fingerprint density at radius 2 is 2.00 bits per heavy atom. The molecule has 0 amide bonds. The summed E-state index contributed by atoms with van der Waals surface area (Å²) in [6.07, 6.45) is 5.78. The van der Waals surface area contributed by atoms with Crippen LogP contribution in [0.5, 0.6) is 0 Å². The molecule has 2 rings (SSSR count). The van der Waals surface area contributed by atoms with Gasteiger partial charge in [0.1, 0.15) is 5.60 Å². The number of hydrogen-bond donors (Lipinski definition) is 0. The Balaban J connectivity index is 2.02. The van der Waals surface area contributed by atoms with Crippen LogP contribution in [0.2, 0.25) is 0 Å². The quantitative estimate of drug-likeness (QED) is 0.698. The SMILES string of the molecule is CCCCCC1(C)CC(c2ccc(C)c(C)c2)=NO1. The predicted octanol–water partition coefficient (Wildman–Crippen LogP) is 4.77. The van der Waals surface area contributed by atoms with Gasteiger partial charge in [-0.25, -0.2) is 0 Å². The average molecular weight is 259 g/mol. The van der Waals surface area contributed by atoms with Crippen LogP contribution in [0.25, 0.3) is 0 Å². The van der Waals surface area contributed by atoms with Crippen molar-refractivity contribution in [2.45, 2.75) is 65.4 Å². The van der Waals surface area contributed by atoms with Crippen LogP contribution in [0.1, 0.15) is 62.6 Å². The summed E-state index contributed by atoms with van der Waals surface area (Å²) in [6.45, 7) is 8.70. The van der Waals surface area contributed by atoms with Gasteiger partial charge in [0.25, 0.3) is 0 Å². The van der Waals surface area contributed by atoms with E-state index in [2.05, 4.69) is 51.0 Å². The lowest BCUT2D eigenvalue weighted by molar-refractivity contribution is -0.0115. The summed E-state index contributed by atoms with van der Waals surface area (Å²) in [5.74, 6) is 0. The van der Waals surface area contributed by atoms with E-state index in [0.717, 1.165) is 18.6 Å². The van der Waals surface area contributed by atoms with E-state index in [9.17, 15) is 0 Å². The fourth-order valence-corrected chi connectivity index (χ4v) is 2.54. The highest BCUT2D eigenvalue weighted by Gasteiger charge is 2.34. The van der Waals surface area contributed by atoms with Crippen molar-refractivity contribution in [1.82, 2.24) is 0 Å². The molecule has 0 bridgehead atoms.